The van der Waals surface area contributed by atoms with E-state index in [4.69, 9.17) is 4.74 Å². The number of amides is 3. The van der Waals surface area contributed by atoms with Crippen LogP contribution in [0.15, 0.2) is 42.5 Å². The fraction of sp³-hybridized carbons (Fsp3) is 0.417. The van der Waals surface area contributed by atoms with Crippen molar-refractivity contribution < 1.29 is 14.3 Å². The number of benzene rings is 2. The highest BCUT2D eigenvalue weighted by molar-refractivity contribution is 5.99. The van der Waals surface area contributed by atoms with Crippen LogP contribution in [0.4, 0.5) is 16.2 Å². The van der Waals surface area contributed by atoms with Crippen molar-refractivity contribution in [3.63, 3.8) is 0 Å². The standard InChI is InChI=1S/C24H27N3O3/c1-26-20-14-18(9-10-21(20)30-15-22(26)28)25-23(29)27-13-5-12-24(16-27)11-4-7-17-6-2-3-8-19(17)24/h2-3,6,8-10,14H,4-5,7,11-13,15-16H2,1H3,(H,25,29). The number of anilines is 2. The topological polar surface area (TPSA) is 61.9 Å². The SMILES string of the molecule is CN1C(=O)COc2ccc(NC(=O)N3CCCC4(CCCc5ccccc54)C3)cc21. The molecule has 1 N–H and O–H groups in total. The Morgan fingerprint density at radius 3 is 2.87 bits per heavy atom. The van der Waals surface area contributed by atoms with Gasteiger partial charge in [0, 0.05) is 31.2 Å². The molecular weight excluding hydrogens is 378 g/mol. The summed E-state index contributed by atoms with van der Waals surface area (Å²) in [5, 5.41) is 3.04. The van der Waals surface area contributed by atoms with E-state index < -0.39 is 0 Å². The number of aryl methyl sites for hydroxylation is 1. The van der Waals surface area contributed by atoms with Crippen LogP contribution in [0.2, 0.25) is 0 Å². The predicted molar refractivity (Wildman–Crippen MR) is 116 cm³/mol. The van der Waals surface area contributed by atoms with Crippen molar-refractivity contribution in [2.24, 2.45) is 0 Å². The highest BCUT2D eigenvalue weighted by Crippen LogP contribution is 2.43. The van der Waals surface area contributed by atoms with Gasteiger partial charge in [-0.3, -0.25) is 4.79 Å². The van der Waals surface area contributed by atoms with Gasteiger partial charge in [0.25, 0.3) is 5.91 Å². The lowest BCUT2D eigenvalue weighted by Gasteiger charge is -2.46. The van der Waals surface area contributed by atoms with E-state index in [1.54, 1.807) is 18.0 Å². The van der Waals surface area contributed by atoms with Gasteiger partial charge in [-0.1, -0.05) is 24.3 Å². The van der Waals surface area contributed by atoms with E-state index >= 15 is 0 Å². The molecule has 2 aromatic rings. The molecule has 6 nitrogen and oxygen atoms in total. The Balaban J connectivity index is 1.35. The highest BCUT2D eigenvalue weighted by atomic mass is 16.5. The molecule has 5 rings (SSSR count). The number of nitrogens with zero attached hydrogens (tertiary/aromatic N) is 2. The molecule has 1 saturated heterocycles. The third-order valence-electron chi connectivity index (χ3n) is 6.85. The van der Waals surface area contributed by atoms with Crippen LogP contribution in [-0.2, 0) is 16.6 Å². The predicted octanol–water partition coefficient (Wildman–Crippen LogP) is 3.94. The third-order valence-corrected chi connectivity index (χ3v) is 6.85. The van der Waals surface area contributed by atoms with Crippen molar-refractivity contribution in [2.45, 2.75) is 37.5 Å². The number of carbonyl (C=O) groups is 2. The van der Waals surface area contributed by atoms with Gasteiger partial charge in [0.2, 0.25) is 0 Å². The molecule has 1 aliphatic carbocycles. The van der Waals surface area contributed by atoms with Gasteiger partial charge in [-0.25, -0.2) is 4.79 Å². The molecule has 156 valence electrons. The Hall–Kier alpha value is -3.02. The molecule has 0 bridgehead atoms. The van der Waals surface area contributed by atoms with Crippen molar-refractivity contribution in [3.8, 4) is 5.75 Å². The number of likely N-dealkylation sites (tertiary alicyclic amines) is 1. The second-order valence-electron chi connectivity index (χ2n) is 8.67. The lowest BCUT2D eigenvalue weighted by atomic mass is 9.66. The third kappa shape index (κ3) is 3.20. The van der Waals surface area contributed by atoms with E-state index in [-0.39, 0.29) is 24.0 Å². The van der Waals surface area contributed by atoms with Crippen LogP contribution in [0.5, 0.6) is 5.75 Å². The lowest BCUT2D eigenvalue weighted by molar-refractivity contribution is -0.120. The van der Waals surface area contributed by atoms with Crippen molar-refractivity contribution in [3.05, 3.63) is 53.6 Å². The second kappa shape index (κ2) is 7.35. The van der Waals surface area contributed by atoms with Crippen molar-refractivity contribution in [1.29, 1.82) is 0 Å². The molecule has 1 fully saturated rings. The average molecular weight is 405 g/mol. The molecule has 2 aromatic carbocycles. The summed E-state index contributed by atoms with van der Waals surface area (Å²) in [6.45, 7) is 1.57. The summed E-state index contributed by atoms with van der Waals surface area (Å²) in [5.74, 6) is 0.561. The van der Waals surface area contributed by atoms with Gasteiger partial charge in [0.1, 0.15) is 5.75 Å². The number of piperidine rings is 1. The number of ether oxygens (including phenoxy) is 1. The summed E-state index contributed by atoms with van der Waals surface area (Å²) in [5.41, 5.74) is 4.29. The summed E-state index contributed by atoms with van der Waals surface area (Å²) in [4.78, 5) is 28.6. The fourth-order valence-corrected chi connectivity index (χ4v) is 5.29. The van der Waals surface area contributed by atoms with Crippen LogP contribution in [0, 0.1) is 0 Å². The number of fused-ring (bicyclic) bond motifs is 3. The molecule has 0 aromatic heterocycles. The van der Waals surface area contributed by atoms with Crippen LogP contribution < -0.4 is 15.0 Å². The number of rotatable bonds is 1. The first-order valence-electron chi connectivity index (χ1n) is 10.7. The highest BCUT2D eigenvalue weighted by Gasteiger charge is 2.41. The first-order valence-corrected chi connectivity index (χ1v) is 10.7. The quantitative estimate of drug-likeness (QED) is 0.782. The Morgan fingerprint density at radius 1 is 1.13 bits per heavy atom. The lowest BCUT2D eigenvalue weighted by Crippen LogP contribution is -2.51. The van der Waals surface area contributed by atoms with E-state index in [0.29, 0.717) is 17.1 Å². The monoisotopic (exact) mass is 405 g/mol. The zero-order valence-corrected chi connectivity index (χ0v) is 17.3. The Bertz CT molecular complexity index is 1000. The van der Waals surface area contributed by atoms with Crippen molar-refractivity contribution in [1.82, 2.24) is 4.90 Å². The summed E-state index contributed by atoms with van der Waals surface area (Å²) in [6.07, 6.45) is 5.59. The van der Waals surface area contributed by atoms with Gasteiger partial charge in [-0.15, -0.1) is 0 Å². The number of carbonyl (C=O) groups excluding carboxylic acids is 2. The molecule has 6 heteroatoms. The molecule has 1 atom stereocenters. The van der Waals surface area contributed by atoms with Crippen LogP contribution in [0.25, 0.3) is 0 Å². The molecular formula is C24H27N3O3. The first kappa shape index (κ1) is 19.0. The maximum atomic E-state index is 13.1. The number of hydrogen-bond donors (Lipinski definition) is 1. The largest absolute Gasteiger partial charge is 0.482 e. The van der Waals surface area contributed by atoms with Gasteiger partial charge in [-0.05, 0) is 61.4 Å². The van der Waals surface area contributed by atoms with E-state index in [0.717, 1.165) is 38.8 Å². The van der Waals surface area contributed by atoms with Crippen LogP contribution in [-0.4, -0.2) is 43.6 Å². The van der Waals surface area contributed by atoms with E-state index in [1.807, 2.05) is 17.0 Å². The second-order valence-corrected chi connectivity index (χ2v) is 8.67. The zero-order valence-electron chi connectivity index (χ0n) is 17.3. The average Bonchev–Trinajstić information content (AvgIpc) is 2.77. The van der Waals surface area contributed by atoms with Gasteiger partial charge in [-0.2, -0.15) is 0 Å². The summed E-state index contributed by atoms with van der Waals surface area (Å²) < 4.78 is 5.48. The fourth-order valence-electron chi connectivity index (χ4n) is 5.29. The van der Waals surface area contributed by atoms with Crippen LogP contribution >= 0.6 is 0 Å². The van der Waals surface area contributed by atoms with E-state index in [2.05, 4.69) is 29.6 Å². The normalized spacial score (nSPS) is 22.9. The Labute approximate surface area is 176 Å². The van der Waals surface area contributed by atoms with Crippen molar-refractivity contribution in [2.75, 3.05) is 37.0 Å². The zero-order chi connectivity index (χ0) is 20.7. The minimum atomic E-state index is -0.0973. The smallest absolute Gasteiger partial charge is 0.321 e. The molecule has 0 saturated carbocycles. The minimum Gasteiger partial charge on any atom is -0.482 e. The summed E-state index contributed by atoms with van der Waals surface area (Å²) in [6, 6.07) is 14.1. The molecule has 3 amide bonds. The molecule has 1 unspecified atom stereocenters. The maximum Gasteiger partial charge on any atom is 0.321 e. The van der Waals surface area contributed by atoms with Gasteiger partial charge >= 0.3 is 6.03 Å². The minimum absolute atomic E-state index is 0.0482. The molecule has 0 radical (unpaired) electrons. The van der Waals surface area contributed by atoms with Gasteiger partial charge in [0.15, 0.2) is 6.61 Å². The molecule has 2 aliphatic heterocycles. The Kier molecular flexibility index (Phi) is 4.65. The van der Waals surface area contributed by atoms with Crippen LogP contribution in [0.1, 0.15) is 36.8 Å². The molecule has 30 heavy (non-hydrogen) atoms. The Morgan fingerprint density at radius 2 is 1.97 bits per heavy atom. The van der Waals surface area contributed by atoms with E-state index in [9.17, 15) is 9.59 Å². The number of nitrogens with one attached hydrogen (secondary N) is 1. The molecule has 3 aliphatic rings. The van der Waals surface area contributed by atoms with Gasteiger partial charge < -0.3 is 19.9 Å². The van der Waals surface area contributed by atoms with Crippen LogP contribution in [0.3, 0.4) is 0 Å². The summed E-state index contributed by atoms with van der Waals surface area (Å²) in [7, 11) is 1.73. The first-order chi connectivity index (χ1) is 14.6. The number of hydrogen-bond acceptors (Lipinski definition) is 3. The van der Waals surface area contributed by atoms with Gasteiger partial charge in [0.05, 0.1) is 5.69 Å². The molecule has 1 spiro atoms. The number of likely N-dealkylation sites (N-methyl/N-ethyl adjacent to an activating group) is 1. The summed E-state index contributed by atoms with van der Waals surface area (Å²) >= 11 is 0. The maximum absolute atomic E-state index is 13.1. The van der Waals surface area contributed by atoms with Crippen molar-refractivity contribution >= 4 is 23.3 Å². The van der Waals surface area contributed by atoms with E-state index in [1.165, 1.54) is 17.5 Å². The number of urea groups is 1. The molecule has 2 heterocycles.